The van der Waals surface area contributed by atoms with Crippen LogP contribution in [0.4, 0.5) is 11.4 Å². The third kappa shape index (κ3) is 1.87. The van der Waals surface area contributed by atoms with E-state index in [0.29, 0.717) is 11.0 Å². The van der Waals surface area contributed by atoms with Gasteiger partial charge in [0, 0.05) is 42.7 Å². The van der Waals surface area contributed by atoms with Gasteiger partial charge in [0.2, 0.25) is 5.82 Å². The Morgan fingerprint density at radius 1 is 1.10 bits per heavy atom. The van der Waals surface area contributed by atoms with Gasteiger partial charge in [-0.1, -0.05) is 19.1 Å². The Labute approximate surface area is 125 Å². The third-order valence-corrected chi connectivity index (χ3v) is 4.23. The first-order valence-electron chi connectivity index (χ1n) is 7.33. The second-order valence-electron chi connectivity index (χ2n) is 5.32. The van der Waals surface area contributed by atoms with E-state index in [1.54, 1.807) is 0 Å². The molecular formula is C17H21N4+. The summed E-state index contributed by atoms with van der Waals surface area (Å²) in [6.07, 6.45) is 4.66. The van der Waals surface area contributed by atoms with E-state index in [4.69, 9.17) is 11.5 Å². The standard InChI is InChI=1S/C17H21N4/c1-2-11-21(13-7-9-20-10-8-13)16-6-4-3-5-14(16)15(12-18)17(21)19/h3-10H,2,11-12,18-19H2,1H3/q+1. The Balaban J connectivity index is 2.32. The van der Waals surface area contributed by atoms with Crippen molar-refractivity contribution < 1.29 is 0 Å². The van der Waals surface area contributed by atoms with Crippen molar-refractivity contribution in [3.63, 3.8) is 0 Å². The fraction of sp³-hybridized carbons (Fsp3) is 0.235. The number of hydrogen-bond donors (Lipinski definition) is 2. The third-order valence-electron chi connectivity index (χ3n) is 4.23. The molecule has 4 N–H and O–H groups in total. The molecule has 0 spiro atoms. The second kappa shape index (κ2) is 5.31. The molecule has 2 heterocycles. The smallest absolute Gasteiger partial charge is 0.214 e. The zero-order valence-electron chi connectivity index (χ0n) is 12.3. The van der Waals surface area contributed by atoms with Gasteiger partial charge in [0.15, 0.2) is 5.69 Å². The number of pyridine rings is 1. The minimum Gasteiger partial charge on any atom is -0.354 e. The van der Waals surface area contributed by atoms with Gasteiger partial charge in [0.1, 0.15) is 5.69 Å². The first-order chi connectivity index (χ1) is 10.3. The van der Waals surface area contributed by atoms with Crippen LogP contribution >= 0.6 is 0 Å². The van der Waals surface area contributed by atoms with Gasteiger partial charge < -0.3 is 11.5 Å². The summed E-state index contributed by atoms with van der Waals surface area (Å²) >= 11 is 0. The molecular weight excluding hydrogens is 260 g/mol. The molecule has 3 rings (SSSR count). The van der Waals surface area contributed by atoms with Crippen molar-refractivity contribution in [2.24, 2.45) is 11.5 Å². The molecule has 0 fully saturated rings. The highest BCUT2D eigenvalue weighted by Crippen LogP contribution is 2.48. The first-order valence-corrected chi connectivity index (χ1v) is 7.33. The zero-order valence-corrected chi connectivity index (χ0v) is 12.3. The van der Waals surface area contributed by atoms with Gasteiger partial charge >= 0.3 is 0 Å². The van der Waals surface area contributed by atoms with E-state index >= 15 is 0 Å². The number of nitrogens with two attached hydrogens (primary N) is 2. The number of quaternary nitrogens is 1. The summed E-state index contributed by atoms with van der Waals surface area (Å²) in [5, 5.41) is 0. The summed E-state index contributed by atoms with van der Waals surface area (Å²) in [6, 6.07) is 12.5. The maximum atomic E-state index is 6.59. The van der Waals surface area contributed by atoms with Crippen molar-refractivity contribution in [2.45, 2.75) is 13.3 Å². The molecule has 1 aromatic heterocycles. The summed E-state index contributed by atoms with van der Waals surface area (Å²) in [4.78, 5) is 4.14. The molecule has 0 saturated heterocycles. The molecule has 0 saturated carbocycles. The lowest BCUT2D eigenvalue weighted by molar-refractivity contribution is 0.466. The number of hydrogen-bond acceptors (Lipinski definition) is 3. The van der Waals surface area contributed by atoms with Crippen LogP contribution in [-0.2, 0) is 0 Å². The largest absolute Gasteiger partial charge is 0.354 e. The molecule has 1 aliphatic heterocycles. The van der Waals surface area contributed by atoms with Gasteiger partial charge in [0.25, 0.3) is 0 Å². The number of nitrogens with zero attached hydrogens (tertiary/aromatic N) is 2. The Bertz CT molecular complexity index is 678. The minimum absolute atomic E-state index is 0.456. The Kier molecular flexibility index (Phi) is 3.49. The van der Waals surface area contributed by atoms with Crippen LogP contribution < -0.4 is 16.0 Å². The fourth-order valence-electron chi connectivity index (χ4n) is 3.36. The molecule has 1 atom stereocenters. The highest BCUT2D eigenvalue weighted by Gasteiger charge is 2.45. The van der Waals surface area contributed by atoms with Crippen molar-refractivity contribution >= 4 is 16.9 Å². The normalized spacial score (nSPS) is 20.7. The average Bonchev–Trinajstić information content (AvgIpc) is 2.78. The van der Waals surface area contributed by atoms with Crippen LogP contribution in [0.25, 0.3) is 5.57 Å². The molecule has 108 valence electrons. The van der Waals surface area contributed by atoms with Gasteiger partial charge in [-0.2, -0.15) is 0 Å². The molecule has 1 aliphatic rings. The summed E-state index contributed by atoms with van der Waals surface area (Å²) in [7, 11) is 0. The van der Waals surface area contributed by atoms with Crippen LogP contribution in [-0.4, -0.2) is 18.1 Å². The minimum atomic E-state index is 0.456. The highest BCUT2D eigenvalue weighted by molar-refractivity contribution is 5.89. The van der Waals surface area contributed by atoms with Crippen molar-refractivity contribution in [1.29, 1.82) is 0 Å². The van der Waals surface area contributed by atoms with Gasteiger partial charge in [0.05, 0.1) is 12.1 Å². The molecule has 1 unspecified atom stereocenters. The number of para-hydroxylation sites is 1. The molecule has 1 aromatic carbocycles. The molecule has 0 bridgehead atoms. The quantitative estimate of drug-likeness (QED) is 0.847. The van der Waals surface area contributed by atoms with Crippen LogP contribution in [0.3, 0.4) is 0 Å². The van der Waals surface area contributed by atoms with Crippen molar-refractivity contribution in [2.75, 3.05) is 13.1 Å². The van der Waals surface area contributed by atoms with Crippen LogP contribution in [0.15, 0.2) is 54.6 Å². The fourth-order valence-corrected chi connectivity index (χ4v) is 3.36. The molecule has 0 radical (unpaired) electrons. The van der Waals surface area contributed by atoms with E-state index in [9.17, 15) is 0 Å². The van der Waals surface area contributed by atoms with E-state index in [1.165, 1.54) is 11.3 Å². The van der Waals surface area contributed by atoms with Crippen LogP contribution in [0.5, 0.6) is 0 Å². The van der Waals surface area contributed by atoms with Gasteiger partial charge in [-0.25, -0.2) is 4.48 Å². The lowest BCUT2D eigenvalue weighted by atomic mass is 10.1. The number of rotatable bonds is 4. The Morgan fingerprint density at radius 3 is 2.48 bits per heavy atom. The highest BCUT2D eigenvalue weighted by atomic mass is 15.4. The predicted octanol–water partition coefficient (Wildman–Crippen LogP) is 2.73. The summed E-state index contributed by atoms with van der Waals surface area (Å²) < 4.78 is 0.557. The number of aromatic nitrogens is 1. The topological polar surface area (TPSA) is 64.9 Å². The summed E-state index contributed by atoms with van der Waals surface area (Å²) in [5.41, 5.74) is 17.1. The van der Waals surface area contributed by atoms with Crippen molar-refractivity contribution in [1.82, 2.24) is 9.47 Å². The van der Waals surface area contributed by atoms with Crippen molar-refractivity contribution in [3.05, 3.63) is 60.2 Å². The van der Waals surface area contributed by atoms with Gasteiger partial charge in [-0.3, -0.25) is 4.98 Å². The van der Waals surface area contributed by atoms with Gasteiger partial charge in [-0.15, -0.1) is 0 Å². The molecule has 21 heavy (non-hydrogen) atoms. The average molecular weight is 281 g/mol. The maximum Gasteiger partial charge on any atom is 0.214 e. The number of benzene rings is 1. The SMILES string of the molecule is CCC[N+]1(c2ccncc2)C(N)=C(CN)c2ccccc21. The molecule has 0 amide bonds. The van der Waals surface area contributed by atoms with Gasteiger partial charge in [-0.05, 0) is 12.5 Å². The second-order valence-corrected chi connectivity index (χ2v) is 5.32. The monoisotopic (exact) mass is 281 g/mol. The van der Waals surface area contributed by atoms with E-state index in [0.717, 1.165) is 30.0 Å². The zero-order chi connectivity index (χ0) is 14.9. The molecule has 0 aliphatic carbocycles. The summed E-state index contributed by atoms with van der Waals surface area (Å²) in [6.45, 7) is 3.55. The van der Waals surface area contributed by atoms with Crippen LogP contribution in [0.1, 0.15) is 18.9 Å². The predicted molar refractivity (Wildman–Crippen MR) is 87.5 cm³/mol. The Hall–Kier alpha value is -2.17. The molecule has 4 heteroatoms. The Morgan fingerprint density at radius 2 is 1.81 bits per heavy atom. The number of fused-ring (bicyclic) bond motifs is 1. The lowest BCUT2D eigenvalue weighted by Crippen LogP contribution is -2.45. The molecule has 4 nitrogen and oxygen atoms in total. The van der Waals surface area contributed by atoms with Crippen LogP contribution in [0, 0.1) is 0 Å². The van der Waals surface area contributed by atoms with Crippen LogP contribution in [0.2, 0.25) is 0 Å². The van der Waals surface area contributed by atoms with E-state index in [-0.39, 0.29) is 0 Å². The maximum absolute atomic E-state index is 6.59. The molecule has 2 aromatic rings. The van der Waals surface area contributed by atoms with E-state index < -0.39 is 0 Å². The van der Waals surface area contributed by atoms with Crippen molar-refractivity contribution in [3.8, 4) is 0 Å². The van der Waals surface area contributed by atoms with E-state index in [2.05, 4.69) is 30.1 Å². The summed E-state index contributed by atoms with van der Waals surface area (Å²) in [5.74, 6) is 0.840. The first kappa shape index (κ1) is 13.8. The van der Waals surface area contributed by atoms with E-state index in [1.807, 2.05) is 30.6 Å². The lowest BCUT2D eigenvalue weighted by Gasteiger charge is -2.34.